The van der Waals surface area contributed by atoms with Gasteiger partial charge in [-0.05, 0) is 18.8 Å². The molecule has 0 saturated heterocycles. The second-order valence-corrected chi connectivity index (χ2v) is 3.99. The molecule has 15 heavy (non-hydrogen) atoms. The first-order valence-electron chi connectivity index (χ1n) is 5.32. The van der Waals surface area contributed by atoms with Crippen LogP contribution in [-0.4, -0.2) is 22.8 Å². The van der Waals surface area contributed by atoms with Crippen molar-refractivity contribution in [1.82, 2.24) is 0 Å². The van der Waals surface area contributed by atoms with Crippen LogP contribution >= 0.6 is 0 Å². The number of Topliss-reactive ketones (excluding diaryl/α,β-unsaturated/α-hetero) is 2. The first kappa shape index (κ1) is 11.9. The molecule has 0 bridgehead atoms. The Bertz CT molecular complexity index is 321. The van der Waals surface area contributed by atoms with Crippen molar-refractivity contribution < 1.29 is 14.7 Å². The van der Waals surface area contributed by atoms with Crippen LogP contribution in [0.5, 0.6) is 0 Å². The van der Waals surface area contributed by atoms with E-state index in [4.69, 9.17) is 0 Å². The third kappa shape index (κ3) is 2.90. The molecule has 1 rings (SSSR count). The standard InChI is InChI=1S/C12H16O3/c1-3-4-10(13)6-5-9-7-11(14)12(15)8(9)2/h8-9,11,14H,3-4,7H2,1-2H3. The van der Waals surface area contributed by atoms with E-state index >= 15 is 0 Å². The second-order valence-electron chi connectivity index (χ2n) is 3.99. The maximum absolute atomic E-state index is 11.3. The molecule has 0 aromatic carbocycles. The van der Waals surface area contributed by atoms with Crippen molar-refractivity contribution in [2.45, 2.75) is 39.2 Å². The number of rotatable bonds is 2. The van der Waals surface area contributed by atoms with Crippen molar-refractivity contribution in [3.63, 3.8) is 0 Å². The number of aliphatic hydroxyl groups excluding tert-OH is 1. The number of carbonyl (C=O) groups is 2. The first-order chi connectivity index (χ1) is 7.06. The SMILES string of the molecule is CCCC(=O)C#CC1CC(O)C(=O)C1C. The number of hydrogen-bond donors (Lipinski definition) is 1. The highest BCUT2D eigenvalue weighted by Crippen LogP contribution is 2.27. The fraction of sp³-hybridized carbons (Fsp3) is 0.667. The molecule has 3 atom stereocenters. The monoisotopic (exact) mass is 208 g/mol. The molecule has 1 fully saturated rings. The molecule has 1 N–H and O–H groups in total. The molecule has 1 aliphatic carbocycles. The quantitative estimate of drug-likeness (QED) is 0.543. The molecular formula is C12H16O3. The van der Waals surface area contributed by atoms with Gasteiger partial charge in [0.05, 0.1) is 0 Å². The van der Waals surface area contributed by atoms with Gasteiger partial charge in [-0.1, -0.05) is 19.8 Å². The molecule has 82 valence electrons. The van der Waals surface area contributed by atoms with Crippen LogP contribution in [0.25, 0.3) is 0 Å². The predicted molar refractivity (Wildman–Crippen MR) is 56.0 cm³/mol. The van der Waals surface area contributed by atoms with Gasteiger partial charge in [0, 0.05) is 18.3 Å². The molecule has 0 spiro atoms. The van der Waals surface area contributed by atoms with E-state index in [1.807, 2.05) is 6.92 Å². The molecule has 0 aromatic rings. The Morgan fingerprint density at radius 1 is 1.60 bits per heavy atom. The Kier molecular flexibility index (Phi) is 4.05. The number of hydrogen-bond acceptors (Lipinski definition) is 3. The summed E-state index contributed by atoms with van der Waals surface area (Å²) < 4.78 is 0. The summed E-state index contributed by atoms with van der Waals surface area (Å²) in [6.45, 7) is 3.67. The van der Waals surface area contributed by atoms with Crippen molar-refractivity contribution in [3.05, 3.63) is 0 Å². The summed E-state index contributed by atoms with van der Waals surface area (Å²) in [5, 5.41) is 9.30. The molecule has 3 nitrogen and oxygen atoms in total. The van der Waals surface area contributed by atoms with Gasteiger partial charge < -0.3 is 5.11 Å². The smallest absolute Gasteiger partial charge is 0.205 e. The molecule has 3 unspecified atom stereocenters. The van der Waals surface area contributed by atoms with Crippen LogP contribution in [-0.2, 0) is 9.59 Å². The van der Waals surface area contributed by atoms with Crippen LogP contribution in [0, 0.1) is 23.7 Å². The van der Waals surface area contributed by atoms with Gasteiger partial charge in [-0.15, -0.1) is 0 Å². The number of ketones is 2. The average Bonchev–Trinajstić information content (AvgIpc) is 2.43. The minimum atomic E-state index is -0.888. The molecule has 0 radical (unpaired) electrons. The third-order valence-electron chi connectivity index (χ3n) is 2.73. The van der Waals surface area contributed by atoms with Gasteiger partial charge in [-0.2, -0.15) is 0 Å². The lowest BCUT2D eigenvalue weighted by atomic mass is 9.98. The first-order valence-corrected chi connectivity index (χ1v) is 5.32. The molecular weight excluding hydrogens is 192 g/mol. The Balaban J connectivity index is 2.60. The normalized spacial score (nSPS) is 29.8. The highest BCUT2D eigenvalue weighted by atomic mass is 16.3. The summed E-state index contributed by atoms with van der Waals surface area (Å²) in [6, 6.07) is 0. The maximum Gasteiger partial charge on any atom is 0.205 e. The zero-order chi connectivity index (χ0) is 11.4. The summed E-state index contributed by atoms with van der Waals surface area (Å²) in [7, 11) is 0. The van der Waals surface area contributed by atoms with Gasteiger partial charge in [-0.25, -0.2) is 0 Å². The molecule has 1 aliphatic rings. The second kappa shape index (κ2) is 5.09. The van der Waals surface area contributed by atoms with Crippen LogP contribution in [0.15, 0.2) is 0 Å². The van der Waals surface area contributed by atoms with E-state index in [9.17, 15) is 14.7 Å². The summed E-state index contributed by atoms with van der Waals surface area (Å²) >= 11 is 0. The van der Waals surface area contributed by atoms with Crippen molar-refractivity contribution in [2.75, 3.05) is 0 Å². The Hall–Kier alpha value is -1.14. The lowest BCUT2D eigenvalue weighted by Crippen LogP contribution is -2.16. The average molecular weight is 208 g/mol. The Morgan fingerprint density at radius 3 is 2.73 bits per heavy atom. The van der Waals surface area contributed by atoms with E-state index in [0.29, 0.717) is 12.8 Å². The van der Waals surface area contributed by atoms with Gasteiger partial charge in [0.15, 0.2) is 5.78 Å². The fourth-order valence-electron chi connectivity index (χ4n) is 1.71. The molecule has 0 aromatic heterocycles. The summed E-state index contributed by atoms with van der Waals surface area (Å²) in [5.74, 6) is 4.69. The lowest BCUT2D eigenvalue weighted by Gasteiger charge is -2.03. The van der Waals surface area contributed by atoms with Crippen LogP contribution in [0.1, 0.15) is 33.1 Å². The minimum absolute atomic E-state index is 0.0847. The van der Waals surface area contributed by atoms with E-state index in [1.165, 1.54) is 0 Å². The van der Waals surface area contributed by atoms with Crippen LogP contribution in [0.2, 0.25) is 0 Å². The molecule has 0 amide bonds. The van der Waals surface area contributed by atoms with Crippen molar-refractivity contribution in [2.24, 2.45) is 11.8 Å². The Morgan fingerprint density at radius 2 is 2.27 bits per heavy atom. The third-order valence-corrected chi connectivity index (χ3v) is 2.73. The zero-order valence-electron chi connectivity index (χ0n) is 9.12. The van der Waals surface area contributed by atoms with Crippen molar-refractivity contribution >= 4 is 11.6 Å². The number of carbonyl (C=O) groups excluding carboxylic acids is 2. The highest BCUT2D eigenvalue weighted by molar-refractivity contribution is 5.95. The number of aliphatic hydroxyl groups is 1. The molecule has 1 saturated carbocycles. The Labute approximate surface area is 89.9 Å². The maximum atomic E-state index is 11.3. The largest absolute Gasteiger partial charge is 0.385 e. The fourth-order valence-corrected chi connectivity index (χ4v) is 1.71. The predicted octanol–water partition coefficient (Wildman–Crippen LogP) is 0.945. The summed E-state index contributed by atoms with van der Waals surface area (Å²) in [5.41, 5.74) is 0. The van der Waals surface area contributed by atoms with E-state index in [0.717, 1.165) is 6.42 Å². The van der Waals surface area contributed by atoms with Crippen LogP contribution in [0.3, 0.4) is 0 Å². The van der Waals surface area contributed by atoms with Crippen molar-refractivity contribution in [3.8, 4) is 11.8 Å². The zero-order valence-corrected chi connectivity index (χ0v) is 9.12. The van der Waals surface area contributed by atoms with Crippen LogP contribution in [0.4, 0.5) is 0 Å². The summed E-state index contributed by atoms with van der Waals surface area (Å²) in [4.78, 5) is 22.4. The highest BCUT2D eigenvalue weighted by Gasteiger charge is 2.37. The van der Waals surface area contributed by atoms with Gasteiger partial charge in [0.2, 0.25) is 5.78 Å². The molecule has 0 aliphatic heterocycles. The van der Waals surface area contributed by atoms with E-state index in [2.05, 4.69) is 11.8 Å². The molecule has 0 heterocycles. The minimum Gasteiger partial charge on any atom is -0.385 e. The molecule has 3 heteroatoms. The van der Waals surface area contributed by atoms with Crippen LogP contribution < -0.4 is 0 Å². The van der Waals surface area contributed by atoms with Gasteiger partial charge >= 0.3 is 0 Å². The van der Waals surface area contributed by atoms with Gasteiger partial charge in [-0.3, -0.25) is 9.59 Å². The lowest BCUT2D eigenvalue weighted by molar-refractivity contribution is -0.127. The van der Waals surface area contributed by atoms with Gasteiger partial charge in [0.1, 0.15) is 6.10 Å². The van der Waals surface area contributed by atoms with Gasteiger partial charge in [0.25, 0.3) is 0 Å². The van der Waals surface area contributed by atoms with Crippen molar-refractivity contribution in [1.29, 1.82) is 0 Å². The van der Waals surface area contributed by atoms with E-state index in [-0.39, 0.29) is 23.4 Å². The topological polar surface area (TPSA) is 54.4 Å². The van der Waals surface area contributed by atoms with E-state index < -0.39 is 6.10 Å². The van der Waals surface area contributed by atoms with E-state index in [1.54, 1.807) is 6.92 Å². The summed E-state index contributed by atoms with van der Waals surface area (Å²) in [6.07, 6.45) is 0.729.